The van der Waals surface area contributed by atoms with Gasteiger partial charge in [-0.05, 0) is 23.8 Å². The highest BCUT2D eigenvalue weighted by atomic mass is 19.4. The van der Waals surface area contributed by atoms with Crippen molar-refractivity contribution in [2.24, 2.45) is 0 Å². The maximum absolute atomic E-state index is 13.0. The molecule has 0 fully saturated rings. The number of amides is 1. The maximum Gasteiger partial charge on any atom is 0.418 e. The number of hydrogen-bond acceptors (Lipinski definition) is 1. The van der Waals surface area contributed by atoms with E-state index >= 15 is 0 Å². The van der Waals surface area contributed by atoms with E-state index in [1.54, 1.807) is 23.0 Å². The van der Waals surface area contributed by atoms with Crippen LogP contribution in [0.25, 0.3) is 11.1 Å². The molecule has 1 heterocycles. The number of carbonyl (C=O) groups excluding carboxylic acids is 1. The minimum atomic E-state index is -4.52. The standard InChI is InChI=1S/C20H15F3N2O/c21-20(22,23)17-10-4-5-11-18(17)24-19(26)14-25-12-6-9-16(13-25)15-7-2-1-3-8-15/h1-13H,14H2/p+1. The Morgan fingerprint density at radius 2 is 1.54 bits per heavy atom. The lowest BCUT2D eigenvalue weighted by Gasteiger charge is -2.12. The lowest BCUT2D eigenvalue weighted by molar-refractivity contribution is -0.683. The summed E-state index contributed by atoms with van der Waals surface area (Å²) < 4.78 is 40.7. The Morgan fingerprint density at radius 3 is 2.27 bits per heavy atom. The molecule has 0 aliphatic carbocycles. The van der Waals surface area contributed by atoms with Gasteiger partial charge < -0.3 is 5.32 Å². The van der Waals surface area contributed by atoms with Gasteiger partial charge in [-0.2, -0.15) is 17.7 Å². The van der Waals surface area contributed by atoms with E-state index in [4.69, 9.17) is 0 Å². The van der Waals surface area contributed by atoms with Crippen LogP contribution in [0.2, 0.25) is 0 Å². The van der Waals surface area contributed by atoms with Crippen LogP contribution in [0.3, 0.4) is 0 Å². The van der Waals surface area contributed by atoms with Crippen molar-refractivity contribution >= 4 is 11.6 Å². The van der Waals surface area contributed by atoms with Crippen LogP contribution in [0.5, 0.6) is 0 Å². The van der Waals surface area contributed by atoms with Gasteiger partial charge in [0.25, 0.3) is 5.91 Å². The monoisotopic (exact) mass is 357 g/mol. The molecule has 26 heavy (non-hydrogen) atoms. The van der Waals surface area contributed by atoms with Crippen molar-refractivity contribution in [2.75, 3.05) is 5.32 Å². The summed E-state index contributed by atoms with van der Waals surface area (Å²) in [6.45, 7) is -0.0904. The number of pyridine rings is 1. The Balaban J connectivity index is 1.76. The first-order valence-corrected chi connectivity index (χ1v) is 7.94. The number of benzene rings is 2. The summed E-state index contributed by atoms with van der Waals surface area (Å²) in [7, 11) is 0. The van der Waals surface area contributed by atoms with Gasteiger partial charge in [0.05, 0.1) is 11.3 Å². The normalized spacial score (nSPS) is 11.2. The first kappa shape index (κ1) is 17.7. The van der Waals surface area contributed by atoms with Gasteiger partial charge in [-0.1, -0.05) is 42.5 Å². The van der Waals surface area contributed by atoms with Gasteiger partial charge in [-0.3, -0.25) is 4.79 Å². The molecule has 0 unspecified atom stereocenters. The number of hydrogen-bond donors (Lipinski definition) is 1. The van der Waals surface area contributed by atoms with Crippen molar-refractivity contribution in [3.8, 4) is 11.1 Å². The number of nitrogens with one attached hydrogen (secondary N) is 1. The lowest BCUT2D eigenvalue weighted by Crippen LogP contribution is -2.40. The van der Waals surface area contributed by atoms with Crippen LogP contribution >= 0.6 is 0 Å². The summed E-state index contributed by atoms with van der Waals surface area (Å²) in [6.07, 6.45) is -1.05. The van der Waals surface area contributed by atoms with Gasteiger partial charge in [0.1, 0.15) is 0 Å². The lowest BCUT2D eigenvalue weighted by atomic mass is 10.1. The zero-order valence-electron chi connectivity index (χ0n) is 13.7. The largest absolute Gasteiger partial charge is 0.418 e. The third kappa shape index (κ3) is 4.27. The van der Waals surface area contributed by atoms with Gasteiger partial charge in [0, 0.05) is 11.6 Å². The smallest absolute Gasteiger partial charge is 0.320 e. The van der Waals surface area contributed by atoms with Crippen molar-refractivity contribution in [3.63, 3.8) is 0 Å². The number of nitrogens with zero attached hydrogens (tertiary/aromatic N) is 1. The average molecular weight is 357 g/mol. The molecule has 0 atom stereocenters. The number of halogens is 3. The van der Waals surface area contributed by atoms with Gasteiger partial charge in [0.2, 0.25) is 6.54 Å². The molecule has 0 radical (unpaired) electrons. The molecule has 132 valence electrons. The van der Waals surface area contributed by atoms with Crippen molar-refractivity contribution in [2.45, 2.75) is 12.7 Å². The first-order chi connectivity index (χ1) is 12.4. The molecular formula is C20H16F3N2O+. The SMILES string of the molecule is O=C(C[n+]1cccc(-c2ccccc2)c1)Nc1ccccc1C(F)(F)F. The molecule has 1 aromatic heterocycles. The van der Waals surface area contributed by atoms with Crippen molar-refractivity contribution in [3.05, 3.63) is 84.7 Å². The van der Waals surface area contributed by atoms with Gasteiger partial charge >= 0.3 is 6.18 Å². The third-order valence-electron chi connectivity index (χ3n) is 3.80. The molecule has 3 rings (SSSR count). The fourth-order valence-electron chi connectivity index (χ4n) is 2.62. The van der Waals surface area contributed by atoms with E-state index in [1.165, 1.54) is 18.2 Å². The molecule has 0 bridgehead atoms. The molecule has 0 saturated carbocycles. The Hall–Kier alpha value is -3.15. The molecule has 3 aromatic rings. The van der Waals surface area contributed by atoms with Crippen LogP contribution in [0.1, 0.15) is 5.56 Å². The van der Waals surface area contributed by atoms with E-state index in [0.717, 1.165) is 17.2 Å². The molecule has 0 spiro atoms. The summed E-state index contributed by atoms with van der Waals surface area (Å²) in [5.41, 5.74) is 0.794. The van der Waals surface area contributed by atoms with Crippen LogP contribution in [-0.4, -0.2) is 5.91 Å². The molecule has 0 aliphatic rings. The summed E-state index contributed by atoms with van der Waals surface area (Å²) >= 11 is 0. The molecule has 0 saturated heterocycles. The van der Waals surface area contributed by atoms with Crippen molar-refractivity contribution < 1.29 is 22.5 Å². The highest BCUT2D eigenvalue weighted by Crippen LogP contribution is 2.34. The second-order valence-corrected chi connectivity index (χ2v) is 5.72. The fraction of sp³-hybridized carbons (Fsp3) is 0.100. The quantitative estimate of drug-likeness (QED) is 0.694. The topological polar surface area (TPSA) is 33.0 Å². The fourth-order valence-corrected chi connectivity index (χ4v) is 2.62. The van der Waals surface area contributed by atoms with Gasteiger partial charge in [-0.15, -0.1) is 0 Å². The zero-order valence-corrected chi connectivity index (χ0v) is 13.7. The molecule has 2 aromatic carbocycles. The van der Waals surface area contributed by atoms with Gasteiger partial charge in [-0.25, -0.2) is 0 Å². The zero-order chi connectivity index (χ0) is 18.6. The Labute approximate surface area is 148 Å². The highest BCUT2D eigenvalue weighted by molar-refractivity contribution is 5.90. The minimum absolute atomic E-state index is 0.0904. The van der Waals surface area contributed by atoms with Crippen molar-refractivity contribution in [1.82, 2.24) is 0 Å². The van der Waals surface area contributed by atoms with Crippen molar-refractivity contribution in [1.29, 1.82) is 0 Å². The number of aromatic nitrogens is 1. The second kappa shape index (κ2) is 7.39. The van der Waals surface area contributed by atoms with E-state index in [0.29, 0.717) is 0 Å². The molecule has 6 heteroatoms. The van der Waals surface area contributed by atoms with Crippen LogP contribution in [0.4, 0.5) is 18.9 Å². The second-order valence-electron chi connectivity index (χ2n) is 5.72. The minimum Gasteiger partial charge on any atom is -0.320 e. The molecular weight excluding hydrogens is 341 g/mol. The van der Waals surface area contributed by atoms with E-state index in [-0.39, 0.29) is 12.2 Å². The Morgan fingerprint density at radius 1 is 0.885 bits per heavy atom. The van der Waals surface area contributed by atoms with Crippen LogP contribution < -0.4 is 9.88 Å². The van der Waals surface area contributed by atoms with E-state index in [2.05, 4.69) is 5.32 Å². The van der Waals surface area contributed by atoms with Crippen LogP contribution in [0.15, 0.2) is 79.1 Å². The summed E-state index contributed by atoms with van der Waals surface area (Å²) in [4.78, 5) is 12.2. The summed E-state index contributed by atoms with van der Waals surface area (Å²) in [6, 6.07) is 18.2. The van der Waals surface area contributed by atoms with Crippen LogP contribution in [0, 0.1) is 0 Å². The number of alkyl halides is 3. The predicted octanol–water partition coefficient (Wildman–Crippen LogP) is 4.30. The van der Waals surface area contributed by atoms with Gasteiger partial charge in [0.15, 0.2) is 12.4 Å². The van der Waals surface area contributed by atoms with E-state index in [1.807, 2.05) is 36.4 Å². The first-order valence-electron chi connectivity index (χ1n) is 7.94. The summed E-state index contributed by atoms with van der Waals surface area (Å²) in [5, 5.41) is 2.35. The molecule has 3 nitrogen and oxygen atoms in total. The number of rotatable bonds is 4. The van der Waals surface area contributed by atoms with Crippen LogP contribution in [-0.2, 0) is 17.5 Å². The summed E-state index contributed by atoms with van der Waals surface area (Å²) in [5.74, 6) is -0.531. The molecule has 0 aliphatic heterocycles. The third-order valence-corrected chi connectivity index (χ3v) is 3.80. The molecule has 1 amide bonds. The predicted molar refractivity (Wildman–Crippen MR) is 92.1 cm³/mol. The maximum atomic E-state index is 13.0. The van der Waals surface area contributed by atoms with E-state index < -0.39 is 17.6 Å². The Kier molecular flexibility index (Phi) is 5.02. The number of carbonyl (C=O) groups is 1. The average Bonchev–Trinajstić information content (AvgIpc) is 2.62. The number of para-hydroxylation sites is 1. The molecule has 1 N–H and O–H groups in total. The van der Waals surface area contributed by atoms with E-state index in [9.17, 15) is 18.0 Å². The number of anilines is 1. The highest BCUT2D eigenvalue weighted by Gasteiger charge is 2.33. The Bertz CT molecular complexity index is 908.